The molecule has 7 nitrogen and oxygen atoms in total. The zero-order valence-electron chi connectivity index (χ0n) is 13.3. The van der Waals surface area contributed by atoms with E-state index in [1.54, 1.807) is 10.9 Å². The molecule has 1 fully saturated rings. The van der Waals surface area contributed by atoms with Crippen LogP contribution in [0.2, 0.25) is 0 Å². The number of aromatic nitrogens is 2. The quantitative estimate of drug-likeness (QED) is 0.778. The molecule has 0 radical (unpaired) electrons. The Morgan fingerprint density at radius 2 is 2.05 bits per heavy atom. The third-order valence-corrected chi connectivity index (χ3v) is 5.83. The van der Waals surface area contributed by atoms with Crippen LogP contribution in [0.25, 0.3) is 0 Å². The highest BCUT2D eigenvalue weighted by atomic mass is 32.2. The van der Waals surface area contributed by atoms with E-state index in [0.717, 1.165) is 12.8 Å². The largest absolute Gasteiger partial charge is 0.381 e. The highest BCUT2D eigenvalue weighted by Gasteiger charge is 2.25. The molecule has 0 aliphatic carbocycles. The van der Waals surface area contributed by atoms with Gasteiger partial charge < -0.3 is 10.5 Å². The smallest absolute Gasteiger partial charge is 0.243 e. The number of hydrogen-bond acceptors (Lipinski definition) is 5. The van der Waals surface area contributed by atoms with Crippen molar-refractivity contribution in [1.82, 2.24) is 14.5 Å². The molecule has 0 amide bonds. The summed E-state index contributed by atoms with van der Waals surface area (Å²) in [5, 5.41) is 4.20. The summed E-state index contributed by atoms with van der Waals surface area (Å²) < 4.78 is 34.4. The Morgan fingerprint density at radius 3 is 2.64 bits per heavy atom. The number of nitrogens with zero attached hydrogens (tertiary/aromatic N) is 2. The third-order valence-electron chi connectivity index (χ3n) is 4.48. The number of ether oxygens (including phenoxy) is 1. The monoisotopic (exact) mass is 330 g/mol. The average Bonchev–Trinajstić information content (AvgIpc) is 3.04. The molecule has 8 heteroatoms. The Kier molecular flexibility index (Phi) is 5.60. The molecular weight excluding hydrogens is 304 g/mol. The van der Waals surface area contributed by atoms with E-state index in [1.165, 1.54) is 6.20 Å². The second-order valence-corrected chi connectivity index (χ2v) is 7.66. The number of rotatable bonds is 7. The van der Waals surface area contributed by atoms with Crippen LogP contribution in [0.1, 0.15) is 45.6 Å². The summed E-state index contributed by atoms with van der Waals surface area (Å²) in [5.74, 6) is 0. The average molecular weight is 330 g/mol. The molecule has 0 spiro atoms. The molecule has 1 aromatic heterocycles. The third kappa shape index (κ3) is 4.07. The van der Waals surface area contributed by atoms with Gasteiger partial charge >= 0.3 is 0 Å². The first-order chi connectivity index (χ1) is 10.4. The van der Waals surface area contributed by atoms with Gasteiger partial charge in [-0.1, -0.05) is 13.8 Å². The first-order valence-corrected chi connectivity index (χ1v) is 9.29. The van der Waals surface area contributed by atoms with E-state index in [9.17, 15) is 8.42 Å². The summed E-state index contributed by atoms with van der Waals surface area (Å²) in [5.41, 5.74) is 5.63. The van der Waals surface area contributed by atoms with E-state index in [4.69, 9.17) is 10.5 Å². The Balaban J connectivity index is 2.05. The number of sulfonamides is 1. The van der Waals surface area contributed by atoms with Crippen LogP contribution < -0.4 is 10.5 Å². The molecule has 0 aromatic carbocycles. The van der Waals surface area contributed by atoms with Gasteiger partial charge in [0.25, 0.3) is 0 Å². The fourth-order valence-electron chi connectivity index (χ4n) is 2.43. The van der Waals surface area contributed by atoms with Gasteiger partial charge in [0.2, 0.25) is 10.0 Å². The van der Waals surface area contributed by atoms with Crippen molar-refractivity contribution in [3.05, 3.63) is 12.4 Å². The second-order valence-electron chi connectivity index (χ2n) is 5.89. The van der Waals surface area contributed by atoms with Crippen molar-refractivity contribution in [3.63, 3.8) is 0 Å². The van der Waals surface area contributed by atoms with Gasteiger partial charge in [-0.3, -0.25) is 4.68 Å². The highest BCUT2D eigenvalue weighted by Crippen LogP contribution is 2.21. The van der Waals surface area contributed by atoms with Gasteiger partial charge in [0.1, 0.15) is 4.90 Å². The van der Waals surface area contributed by atoms with Crippen LogP contribution in [0, 0.1) is 0 Å². The zero-order valence-corrected chi connectivity index (χ0v) is 14.1. The van der Waals surface area contributed by atoms with Gasteiger partial charge in [-0.05, 0) is 25.7 Å². The van der Waals surface area contributed by atoms with Crippen molar-refractivity contribution in [2.75, 3.05) is 19.8 Å². The van der Waals surface area contributed by atoms with Crippen molar-refractivity contribution in [1.29, 1.82) is 0 Å². The van der Waals surface area contributed by atoms with Gasteiger partial charge in [-0.2, -0.15) is 5.10 Å². The molecule has 2 heterocycles. The summed E-state index contributed by atoms with van der Waals surface area (Å²) in [6, 6.07) is 0.206. The fourth-order valence-corrected chi connectivity index (χ4v) is 3.51. The van der Waals surface area contributed by atoms with Crippen molar-refractivity contribution < 1.29 is 13.2 Å². The van der Waals surface area contributed by atoms with Crippen LogP contribution in [0.5, 0.6) is 0 Å². The summed E-state index contributed by atoms with van der Waals surface area (Å²) in [6.07, 6.45) is 6.13. The fraction of sp³-hybridized carbons (Fsp3) is 0.786. The van der Waals surface area contributed by atoms with Gasteiger partial charge in [0.15, 0.2) is 0 Å². The Morgan fingerprint density at radius 1 is 1.41 bits per heavy atom. The summed E-state index contributed by atoms with van der Waals surface area (Å²) in [4.78, 5) is 0.188. The molecule has 2 rings (SSSR count). The first-order valence-electron chi connectivity index (χ1n) is 7.80. The Bertz CT molecular complexity index is 575. The maximum atomic E-state index is 12.4. The lowest BCUT2D eigenvalue weighted by atomic mass is 9.95. The number of hydrogen-bond donors (Lipinski definition) is 2. The minimum absolute atomic E-state index is 0.188. The SMILES string of the molecule is CCC(N)(CC)CNS(=O)(=O)c1cnn(C2CCOCC2)c1. The first kappa shape index (κ1) is 17.4. The lowest BCUT2D eigenvalue weighted by Gasteiger charge is -2.26. The maximum absolute atomic E-state index is 12.4. The van der Waals surface area contributed by atoms with Crippen molar-refractivity contribution in [2.45, 2.75) is 56.0 Å². The predicted octanol–water partition coefficient (Wildman–Crippen LogP) is 1.03. The van der Waals surface area contributed by atoms with Crippen molar-refractivity contribution in [3.8, 4) is 0 Å². The van der Waals surface area contributed by atoms with Crippen molar-refractivity contribution in [2.24, 2.45) is 5.73 Å². The summed E-state index contributed by atoms with van der Waals surface area (Å²) in [6.45, 7) is 5.52. The van der Waals surface area contributed by atoms with Gasteiger partial charge in [-0.25, -0.2) is 13.1 Å². The molecule has 0 saturated carbocycles. The van der Waals surface area contributed by atoms with E-state index >= 15 is 0 Å². The topological polar surface area (TPSA) is 99.2 Å². The number of nitrogens with two attached hydrogens (primary N) is 1. The zero-order chi connectivity index (χ0) is 16.2. The molecule has 0 bridgehead atoms. The van der Waals surface area contributed by atoms with E-state index in [-0.39, 0.29) is 17.5 Å². The van der Waals surface area contributed by atoms with Gasteiger partial charge in [0.05, 0.1) is 12.2 Å². The van der Waals surface area contributed by atoms with E-state index in [1.807, 2.05) is 13.8 Å². The molecule has 0 unspecified atom stereocenters. The molecule has 1 aromatic rings. The predicted molar refractivity (Wildman–Crippen MR) is 84.0 cm³/mol. The van der Waals surface area contributed by atoms with Crippen LogP contribution in [0.3, 0.4) is 0 Å². The molecule has 3 N–H and O–H groups in total. The lowest BCUT2D eigenvalue weighted by Crippen LogP contribution is -2.49. The standard InChI is InChI=1S/C14H26N4O3S/c1-3-14(15,4-2)11-17-22(19,20)13-9-16-18(10-13)12-5-7-21-8-6-12/h9-10,12,17H,3-8,11,15H2,1-2H3. The van der Waals surface area contributed by atoms with Crippen LogP contribution >= 0.6 is 0 Å². The van der Waals surface area contributed by atoms with Crippen molar-refractivity contribution >= 4 is 10.0 Å². The molecule has 1 aliphatic rings. The van der Waals surface area contributed by atoms with E-state index < -0.39 is 15.6 Å². The highest BCUT2D eigenvalue weighted by molar-refractivity contribution is 7.89. The van der Waals surface area contributed by atoms with Gasteiger partial charge in [-0.15, -0.1) is 0 Å². The molecule has 1 saturated heterocycles. The van der Waals surface area contributed by atoms with Crippen LogP contribution in [-0.2, 0) is 14.8 Å². The van der Waals surface area contributed by atoms with Crippen LogP contribution in [0.4, 0.5) is 0 Å². The Hall–Kier alpha value is -0.960. The minimum atomic E-state index is -3.58. The van der Waals surface area contributed by atoms with Gasteiger partial charge in [0, 0.05) is 31.5 Å². The molecule has 0 atom stereocenters. The minimum Gasteiger partial charge on any atom is -0.381 e. The molecule has 22 heavy (non-hydrogen) atoms. The normalized spacial score (nSPS) is 17.8. The van der Waals surface area contributed by atoms with E-state index in [2.05, 4.69) is 9.82 Å². The lowest BCUT2D eigenvalue weighted by molar-refractivity contribution is 0.0662. The summed E-state index contributed by atoms with van der Waals surface area (Å²) >= 11 is 0. The molecular formula is C14H26N4O3S. The van der Waals surface area contributed by atoms with Crippen LogP contribution in [-0.4, -0.2) is 43.5 Å². The Labute approximate surface area is 132 Å². The maximum Gasteiger partial charge on any atom is 0.243 e. The van der Waals surface area contributed by atoms with E-state index in [0.29, 0.717) is 26.1 Å². The second kappa shape index (κ2) is 7.08. The molecule has 126 valence electrons. The summed E-state index contributed by atoms with van der Waals surface area (Å²) in [7, 11) is -3.58. The van der Waals surface area contributed by atoms with Crippen LogP contribution in [0.15, 0.2) is 17.3 Å². The molecule has 1 aliphatic heterocycles. The number of nitrogens with one attached hydrogen (secondary N) is 1.